The molecule has 0 saturated carbocycles. The molecule has 0 aliphatic heterocycles. The summed E-state index contributed by atoms with van der Waals surface area (Å²) in [6.45, 7) is 1.82. The van der Waals surface area contributed by atoms with Gasteiger partial charge in [-0.25, -0.2) is 9.59 Å². The first-order valence-corrected chi connectivity index (χ1v) is 6.14. The van der Waals surface area contributed by atoms with Gasteiger partial charge in [0.1, 0.15) is 5.69 Å². The van der Waals surface area contributed by atoms with Crippen LogP contribution >= 0.6 is 0 Å². The Hall–Kier alpha value is -3.09. The van der Waals surface area contributed by atoms with Crippen molar-refractivity contribution in [3.8, 4) is 16.9 Å². The van der Waals surface area contributed by atoms with Crippen molar-refractivity contribution in [2.24, 2.45) is 0 Å². The first-order valence-electron chi connectivity index (χ1n) is 6.14. The molecule has 0 saturated heterocycles. The van der Waals surface area contributed by atoms with Crippen molar-refractivity contribution in [3.63, 3.8) is 0 Å². The lowest BCUT2D eigenvalue weighted by molar-refractivity contribution is 0.0652. The van der Waals surface area contributed by atoms with Crippen LogP contribution in [0.2, 0.25) is 0 Å². The van der Waals surface area contributed by atoms with Gasteiger partial charge in [0, 0.05) is 23.5 Å². The molecule has 106 valence electrons. The van der Waals surface area contributed by atoms with Gasteiger partial charge >= 0.3 is 11.7 Å². The summed E-state index contributed by atoms with van der Waals surface area (Å²) in [5.41, 5.74) is 2.43. The first-order chi connectivity index (χ1) is 10.1. The molecule has 0 amide bonds. The standard InChI is InChI=1S/C14H11N3O4/c1-8-7-15-14(20)17(8)10-4-2-9(3-5-10)11-6-12(13(18)19)21-16-11/h2-7H,1H3,(H,15,20)(H,18,19). The van der Waals surface area contributed by atoms with Gasteiger partial charge in [-0.05, 0) is 19.1 Å². The topological polar surface area (TPSA) is 101 Å². The summed E-state index contributed by atoms with van der Waals surface area (Å²) in [6, 6.07) is 8.36. The van der Waals surface area contributed by atoms with E-state index in [0.717, 1.165) is 5.69 Å². The lowest BCUT2D eigenvalue weighted by Gasteiger charge is -2.04. The summed E-state index contributed by atoms with van der Waals surface area (Å²) in [7, 11) is 0. The van der Waals surface area contributed by atoms with Crippen LogP contribution < -0.4 is 5.69 Å². The van der Waals surface area contributed by atoms with Crippen LogP contribution in [0.3, 0.4) is 0 Å². The van der Waals surface area contributed by atoms with Crippen LogP contribution in [0.5, 0.6) is 0 Å². The van der Waals surface area contributed by atoms with Gasteiger partial charge < -0.3 is 14.6 Å². The summed E-state index contributed by atoms with van der Waals surface area (Å²) in [4.78, 5) is 25.1. The van der Waals surface area contributed by atoms with E-state index in [4.69, 9.17) is 9.63 Å². The molecule has 0 aliphatic rings. The van der Waals surface area contributed by atoms with Gasteiger partial charge in [-0.1, -0.05) is 17.3 Å². The molecule has 2 aromatic heterocycles. The molecule has 0 unspecified atom stereocenters. The fourth-order valence-corrected chi connectivity index (χ4v) is 2.07. The number of hydrogen-bond acceptors (Lipinski definition) is 4. The average molecular weight is 285 g/mol. The molecule has 2 N–H and O–H groups in total. The van der Waals surface area contributed by atoms with E-state index in [0.29, 0.717) is 16.9 Å². The number of carboxylic acids is 1. The number of rotatable bonds is 3. The molecule has 3 rings (SSSR count). The Kier molecular flexibility index (Phi) is 2.94. The molecule has 1 aromatic carbocycles. The molecule has 7 heteroatoms. The summed E-state index contributed by atoms with van der Waals surface area (Å²) in [5, 5.41) is 12.5. The van der Waals surface area contributed by atoms with Gasteiger partial charge in [0.25, 0.3) is 0 Å². The highest BCUT2D eigenvalue weighted by atomic mass is 16.5. The Morgan fingerprint density at radius 2 is 2.05 bits per heavy atom. The summed E-state index contributed by atoms with van der Waals surface area (Å²) in [6.07, 6.45) is 1.63. The fourth-order valence-electron chi connectivity index (χ4n) is 2.07. The van der Waals surface area contributed by atoms with E-state index in [1.54, 1.807) is 30.5 Å². The van der Waals surface area contributed by atoms with Crippen LogP contribution in [0.15, 0.2) is 45.8 Å². The van der Waals surface area contributed by atoms with Crippen LogP contribution in [0.4, 0.5) is 0 Å². The van der Waals surface area contributed by atoms with Crippen molar-refractivity contribution in [3.05, 3.63) is 58.5 Å². The highest BCUT2D eigenvalue weighted by molar-refractivity contribution is 5.85. The SMILES string of the molecule is Cc1c[nH]c(=O)n1-c1ccc(-c2cc(C(=O)O)on2)cc1. The second kappa shape index (κ2) is 4.78. The summed E-state index contributed by atoms with van der Waals surface area (Å²) in [5.74, 6) is -1.38. The number of hydrogen-bond donors (Lipinski definition) is 2. The maximum absolute atomic E-state index is 11.7. The molecule has 0 fully saturated rings. The quantitative estimate of drug-likeness (QED) is 0.764. The molecule has 0 radical (unpaired) electrons. The third kappa shape index (κ3) is 2.25. The minimum Gasteiger partial charge on any atom is -0.475 e. The van der Waals surface area contributed by atoms with Gasteiger partial charge in [0.2, 0.25) is 5.76 Å². The Bertz CT molecular complexity index is 855. The number of carbonyl (C=O) groups is 1. The number of carboxylic acid groups (broad SMARTS) is 1. The van der Waals surface area contributed by atoms with Crippen molar-refractivity contribution < 1.29 is 14.4 Å². The van der Waals surface area contributed by atoms with Crippen LogP contribution in [-0.4, -0.2) is 25.8 Å². The largest absolute Gasteiger partial charge is 0.475 e. The van der Waals surface area contributed by atoms with Crippen LogP contribution in [0.1, 0.15) is 16.2 Å². The predicted molar refractivity (Wildman–Crippen MR) is 73.6 cm³/mol. The number of benzene rings is 1. The van der Waals surface area contributed by atoms with Gasteiger partial charge in [-0.3, -0.25) is 4.57 Å². The zero-order valence-electron chi connectivity index (χ0n) is 11.0. The minimum atomic E-state index is -1.17. The Labute approximate surface area is 118 Å². The number of H-pyrrole nitrogens is 1. The first kappa shape index (κ1) is 12.9. The smallest absolute Gasteiger partial charge is 0.374 e. The third-order valence-corrected chi connectivity index (χ3v) is 3.10. The molecule has 21 heavy (non-hydrogen) atoms. The lowest BCUT2D eigenvalue weighted by atomic mass is 10.1. The van der Waals surface area contributed by atoms with Gasteiger partial charge in [0.15, 0.2) is 0 Å². The summed E-state index contributed by atoms with van der Waals surface area (Å²) >= 11 is 0. The number of imidazole rings is 1. The van der Waals surface area contributed by atoms with Gasteiger partial charge in [0.05, 0.1) is 5.69 Å². The zero-order valence-corrected chi connectivity index (χ0v) is 11.0. The number of nitrogens with zero attached hydrogens (tertiary/aromatic N) is 2. The lowest BCUT2D eigenvalue weighted by Crippen LogP contribution is -2.15. The Morgan fingerprint density at radius 3 is 2.57 bits per heavy atom. The van der Waals surface area contributed by atoms with Crippen molar-refractivity contribution in [2.45, 2.75) is 6.92 Å². The number of nitrogens with one attached hydrogen (secondary N) is 1. The Morgan fingerprint density at radius 1 is 1.33 bits per heavy atom. The fraction of sp³-hybridized carbons (Fsp3) is 0.0714. The second-order valence-corrected chi connectivity index (χ2v) is 4.50. The molecular weight excluding hydrogens is 274 g/mol. The highest BCUT2D eigenvalue weighted by Crippen LogP contribution is 2.21. The van der Waals surface area contributed by atoms with Crippen LogP contribution in [0, 0.1) is 6.92 Å². The monoisotopic (exact) mass is 285 g/mol. The van der Waals surface area contributed by atoms with E-state index in [1.807, 2.05) is 6.92 Å². The number of aromatic carboxylic acids is 1. The second-order valence-electron chi connectivity index (χ2n) is 4.50. The maximum atomic E-state index is 11.7. The van der Waals surface area contributed by atoms with Crippen LogP contribution in [0.25, 0.3) is 16.9 Å². The minimum absolute atomic E-state index is 0.213. The normalized spacial score (nSPS) is 10.7. The van der Waals surface area contributed by atoms with E-state index in [-0.39, 0.29) is 11.4 Å². The molecule has 0 aliphatic carbocycles. The van der Waals surface area contributed by atoms with E-state index in [9.17, 15) is 9.59 Å². The van der Waals surface area contributed by atoms with Gasteiger partial charge in [-0.15, -0.1) is 0 Å². The van der Waals surface area contributed by atoms with Crippen molar-refractivity contribution in [2.75, 3.05) is 0 Å². The van der Waals surface area contributed by atoms with Crippen molar-refractivity contribution in [1.82, 2.24) is 14.7 Å². The molecule has 0 spiro atoms. The highest BCUT2D eigenvalue weighted by Gasteiger charge is 2.12. The van der Waals surface area contributed by atoms with E-state index in [2.05, 4.69) is 10.1 Å². The maximum Gasteiger partial charge on any atom is 0.374 e. The number of aromatic amines is 1. The molecular formula is C14H11N3O4. The molecule has 0 bridgehead atoms. The zero-order chi connectivity index (χ0) is 15.0. The van der Waals surface area contributed by atoms with E-state index < -0.39 is 5.97 Å². The van der Waals surface area contributed by atoms with Crippen molar-refractivity contribution >= 4 is 5.97 Å². The molecule has 0 atom stereocenters. The number of aryl methyl sites for hydroxylation is 1. The van der Waals surface area contributed by atoms with Gasteiger partial charge in [-0.2, -0.15) is 0 Å². The Balaban J connectivity index is 1.97. The average Bonchev–Trinajstić information content (AvgIpc) is 3.07. The molecule has 2 heterocycles. The van der Waals surface area contributed by atoms with Crippen molar-refractivity contribution in [1.29, 1.82) is 0 Å². The van der Waals surface area contributed by atoms with E-state index in [1.165, 1.54) is 10.6 Å². The number of aromatic nitrogens is 3. The third-order valence-electron chi connectivity index (χ3n) is 3.10. The summed E-state index contributed by atoms with van der Waals surface area (Å²) < 4.78 is 6.25. The van der Waals surface area contributed by atoms with E-state index >= 15 is 0 Å². The van der Waals surface area contributed by atoms with Crippen LogP contribution in [-0.2, 0) is 0 Å². The molecule has 7 nitrogen and oxygen atoms in total. The molecule has 3 aromatic rings. The predicted octanol–water partition coefficient (Wildman–Crippen LogP) is 1.83.